The van der Waals surface area contributed by atoms with E-state index in [0.717, 1.165) is 19.6 Å². The number of piperazine rings is 1. The first-order valence-corrected chi connectivity index (χ1v) is 4.89. The Balaban J connectivity index is 2.31. The smallest absolute Gasteiger partial charge is 0.102 e. The fraction of sp³-hybridized carbons (Fsp3) is 1.00. The highest BCUT2D eigenvalue weighted by Crippen LogP contribution is 2.08. The zero-order valence-electron chi connectivity index (χ0n) is 7.85. The normalized spacial score (nSPS) is 26.0. The van der Waals surface area contributed by atoms with Gasteiger partial charge in [0.1, 0.15) is 6.67 Å². The van der Waals surface area contributed by atoms with E-state index in [1.807, 2.05) is 0 Å². The summed E-state index contributed by atoms with van der Waals surface area (Å²) in [5.41, 5.74) is 0. The summed E-state index contributed by atoms with van der Waals surface area (Å²) in [5.74, 6) is 0. The van der Waals surface area contributed by atoms with Gasteiger partial charge < -0.3 is 5.32 Å². The van der Waals surface area contributed by atoms with Crippen molar-refractivity contribution < 1.29 is 4.39 Å². The highest BCUT2D eigenvalue weighted by molar-refractivity contribution is 4.78. The van der Waals surface area contributed by atoms with Crippen LogP contribution < -0.4 is 5.32 Å². The molecule has 0 spiro atoms. The van der Waals surface area contributed by atoms with Gasteiger partial charge in [0, 0.05) is 32.2 Å². The van der Waals surface area contributed by atoms with E-state index in [1.165, 1.54) is 12.8 Å². The number of alkyl halides is 1. The highest BCUT2D eigenvalue weighted by atomic mass is 19.1. The van der Waals surface area contributed by atoms with Crippen LogP contribution in [0.25, 0.3) is 0 Å². The molecular weight excluding hydrogens is 155 g/mol. The van der Waals surface area contributed by atoms with E-state index >= 15 is 0 Å². The van der Waals surface area contributed by atoms with Gasteiger partial charge in [-0.1, -0.05) is 13.3 Å². The average molecular weight is 174 g/mol. The van der Waals surface area contributed by atoms with Crippen LogP contribution in [0.15, 0.2) is 0 Å². The highest BCUT2D eigenvalue weighted by Gasteiger charge is 2.20. The summed E-state index contributed by atoms with van der Waals surface area (Å²) >= 11 is 0. The summed E-state index contributed by atoms with van der Waals surface area (Å²) in [6, 6.07) is 0.569. The van der Waals surface area contributed by atoms with Crippen molar-refractivity contribution in [3.05, 3.63) is 0 Å². The molecule has 1 unspecified atom stereocenters. The molecule has 2 nitrogen and oxygen atoms in total. The van der Waals surface area contributed by atoms with E-state index in [1.54, 1.807) is 0 Å². The SMILES string of the molecule is CCCC1CNCCN1CCF. The van der Waals surface area contributed by atoms with Gasteiger partial charge in [-0.3, -0.25) is 4.90 Å². The molecule has 0 radical (unpaired) electrons. The number of halogens is 1. The molecule has 0 aliphatic carbocycles. The third-order valence-corrected chi connectivity index (χ3v) is 2.47. The van der Waals surface area contributed by atoms with Crippen molar-refractivity contribution in [2.75, 3.05) is 32.9 Å². The third kappa shape index (κ3) is 2.72. The molecule has 1 saturated heterocycles. The Morgan fingerprint density at radius 3 is 3.08 bits per heavy atom. The molecule has 0 saturated carbocycles. The van der Waals surface area contributed by atoms with Gasteiger partial charge in [-0.2, -0.15) is 0 Å². The maximum atomic E-state index is 12.1. The summed E-state index contributed by atoms with van der Waals surface area (Å²) < 4.78 is 12.1. The first kappa shape index (κ1) is 9.93. The molecule has 0 aromatic heterocycles. The number of rotatable bonds is 4. The van der Waals surface area contributed by atoms with Crippen LogP contribution in [0, 0.1) is 0 Å². The lowest BCUT2D eigenvalue weighted by atomic mass is 10.1. The minimum Gasteiger partial charge on any atom is -0.314 e. The summed E-state index contributed by atoms with van der Waals surface area (Å²) in [6.07, 6.45) is 2.38. The molecule has 1 heterocycles. The first-order valence-electron chi connectivity index (χ1n) is 4.89. The van der Waals surface area contributed by atoms with E-state index in [2.05, 4.69) is 17.1 Å². The number of nitrogens with one attached hydrogen (secondary N) is 1. The predicted octanol–water partition coefficient (Wildman–Crippen LogP) is 1.03. The van der Waals surface area contributed by atoms with Gasteiger partial charge in [0.25, 0.3) is 0 Å². The van der Waals surface area contributed by atoms with Gasteiger partial charge in [-0.25, -0.2) is 4.39 Å². The lowest BCUT2D eigenvalue weighted by molar-refractivity contribution is 0.142. The zero-order chi connectivity index (χ0) is 8.81. The van der Waals surface area contributed by atoms with Crippen LogP contribution in [0.5, 0.6) is 0 Å². The Hall–Kier alpha value is -0.150. The molecule has 1 N–H and O–H groups in total. The average Bonchev–Trinajstić information content (AvgIpc) is 2.09. The fourth-order valence-corrected chi connectivity index (χ4v) is 1.82. The van der Waals surface area contributed by atoms with Crippen molar-refractivity contribution >= 4 is 0 Å². The summed E-state index contributed by atoms with van der Waals surface area (Å²) in [6.45, 7) is 5.65. The van der Waals surface area contributed by atoms with Gasteiger partial charge in [-0.15, -0.1) is 0 Å². The monoisotopic (exact) mass is 174 g/mol. The molecule has 0 aromatic carbocycles. The minimum atomic E-state index is -0.208. The topological polar surface area (TPSA) is 15.3 Å². The van der Waals surface area contributed by atoms with E-state index in [0.29, 0.717) is 12.6 Å². The minimum absolute atomic E-state index is 0.208. The molecular formula is C9H19FN2. The Bertz CT molecular complexity index is 101. The standard InChI is InChI=1S/C9H19FN2/c1-2-3-9-8-11-5-7-12(9)6-4-10/h9,11H,2-8H2,1H3. The second-order valence-corrected chi connectivity index (χ2v) is 3.37. The largest absolute Gasteiger partial charge is 0.314 e. The van der Waals surface area contributed by atoms with Gasteiger partial charge in [0.05, 0.1) is 0 Å². The van der Waals surface area contributed by atoms with Crippen molar-refractivity contribution in [3.8, 4) is 0 Å². The van der Waals surface area contributed by atoms with Gasteiger partial charge in [0.15, 0.2) is 0 Å². The van der Waals surface area contributed by atoms with Crippen LogP contribution in [-0.4, -0.2) is 43.8 Å². The molecule has 0 amide bonds. The summed E-state index contributed by atoms with van der Waals surface area (Å²) in [5, 5.41) is 3.34. The van der Waals surface area contributed by atoms with Crippen LogP contribution in [0.2, 0.25) is 0 Å². The summed E-state index contributed by atoms with van der Waals surface area (Å²) in [4.78, 5) is 2.26. The van der Waals surface area contributed by atoms with Crippen LogP contribution in [-0.2, 0) is 0 Å². The molecule has 1 rings (SSSR count). The Morgan fingerprint density at radius 1 is 1.58 bits per heavy atom. The number of hydrogen-bond donors (Lipinski definition) is 1. The lowest BCUT2D eigenvalue weighted by Crippen LogP contribution is -2.51. The molecule has 3 heteroatoms. The Morgan fingerprint density at radius 2 is 2.42 bits per heavy atom. The quantitative estimate of drug-likeness (QED) is 0.685. The molecule has 0 aromatic rings. The van der Waals surface area contributed by atoms with Crippen LogP contribution >= 0.6 is 0 Å². The lowest BCUT2D eigenvalue weighted by Gasteiger charge is -2.35. The van der Waals surface area contributed by atoms with Gasteiger partial charge in [-0.05, 0) is 6.42 Å². The van der Waals surface area contributed by atoms with Crippen molar-refractivity contribution in [2.45, 2.75) is 25.8 Å². The maximum absolute atomic E-state index is 12.1. The second kappa shape index (κ2) is 5.49. The van der Waals surface area contributed by atoms with E-state index in [4.69, 9.17) is 0 Å². The molecule has 1 aliphatic heterocycles. The first-order chi connectivity index (χ1) is 5.88. The van der Waals surface area contributed by atoms with Crippen LogP contribution in [0.4, 0.5) is 4.39 Å². The molecule has 72 valence electrons. The van der Waals surface area contributed by atoms with Crippen LogP contribution in [0.1, 0.15) is 19.8 Å². The van der Waals surface area contributed by atoms with E-state index in [9.17, 15) is 4.39 Å². The fourth-order valence-electron chi connectivity index (χ4n) is 1.82. The van der Waals surface area contributed by atoms with Crippen molar-refractivity contribution in [2.24, 2.45) is 0 Å². The second-order valence-electron chi connectivity index (χ2n) is 3.37. The van der Waals surface area contributed by atoms with E-state index < -0.39 is 0 Å². The third-order valence-electron chi connectivity index (χ3n) is 2.47. The number of hydrogen-bond acceptors (Lipinski definition) is 2. The van der Waals surface area contributed by atoms with Gasteiger partial charge in [0.2, 0.25) is 0 Å². The van der Waals surface area contributed by atoms with Crippen LogP contribution in [0.3, 0.4) is 0 Å². The molecule has 1 fully saturated rings. The van der Waals surface area contributed by atoms with Gasteiger partial charge >= 0.3 is 0 Å². The Kier molecular flexibility index (Phi) is 4.54. The van der Waals surface area contributed by atoms with Crippen molar-refractivity contribution in [3.63, 3.8) is 0 Å². The molecule has 1 aliphatic rings. The predicted molar refractivity (Wildman–Crippen MR) is 49.1 cm³/mol. The Labute approximate surface area is 74.1 Å². The zero-order valence-corrected chi connectivity index (χ0v) is 7.85. The molecule has 0 bridgehead atoms. The van der Waals surface area contributed by atoms with Crippen molar-refractivity contribution in [1.82, 2.24) is 10.2 Å². The molecule has 12 heavy (non-hydrogen) atoms. The maximum Gasteiger partial charge on any atom is 0.102 e. The number of nitrogens with zero attached hydrogens (tertiary/aromatic N) is 1. The van der Waals surface area contributed by atoms with Crippen molar-refractivity contribution in [1.29, 1.82) is 0 Å². The van der Waals surface area contributed by atoms with E-state index in [-0.39, 0.29) is 6.67 Å². The molecule has 1 atom stereocenters. The summed E-state index contributed by atoms with van der Waals surface area (Å²) in [7, 11) is 0.